The summed E-state index contributed by atoms with van der Waals surface area (Å²) >= 11 is 0. The molecule has 1 N–H and O–H groups in total. The van der Waals surface area contributed by atoms with E-state index in [2.05, 4.69) is 22.1 Å². The number of rotatable bonds is 7. The molecule has 0 heterocycles. The molecule has 0 bridgehead atoms. The fourth-order valence-corrected chi connectivity index (χ4v) is 1.99. The molecule has 0 amide bonds. The second-order valence-corrected chi connectivity index (χ2v) is 4.97. The molecular weight excluding hydrogens is 399 g/mol. The van der Waals surface area contributed by atoms with Crippen molar-refractivity contribution in [3.8, 4) is 0 Å². The van der Waals surface area contributed by atoms with Gasteiger partial charge in [0.1, 0.15) is 0 Å². The molecule has 1 rings (SSSR count). The maximum absolute atomic E-state index is 13.5. The maximum atomic E-state index is 13.5. The molecule has 0 radical (unpaired) electrons. The summed E-state index contributed by atoms with van der Waals surface area (Å²) in [6.45, 7) is 6.29. The quantitative estimate of drug-likeness (QED) is 0.409. The molecule has 0 aliphatic heterocycles. The Bertz CT molecular complexity index is 467. The Morgan fingerprint density at radius 3 is 2.64 bits per heavy atom. The molecule has 0 saturated heterocycles. The molecule has 1 aromatic carbocycles. The number of hydrogen-bond acceptors (Lipinski definition) is 1. The van der Waals surface area contributed by atoms with Crippen molar-refractivity contribution in [2.24, 2.45) is 4.99 Å². The van der Waals surface area contributed by atoms with E-state index in [0.717, 1.165) is 38.0 Å². The highest BCUT2D eigenvalue weighted by atomic mass is 127. The summed E-state index contributed by atoms with van der Waals surface area (Å²) in [4.78, 5) is 6.54. The summed E-state index contributed by atoms with van der Waals surface area (Å²) in [7, 11) is 1.99. The second-order valence-electron chi connectivity index (χ2n) is 4.97. The normalized spacial score (nSPS) is 11.0. The smallest absolute Gasteiger partial charge is 0.193 e. The zero-order valence-corrected chi connectivity index (χ0v) is 15.9. The van der Waals surface area contributed by atoms with E-state index in [9.17, 15) is 8.78 Å². The van der Waals surface area contributed by atoms with Crippen LogP contribution in [0.3, 0.4) is 0 Å². The Labute approximate surface area is 149 Å². The highest BCUT2D eigenvalue weighted by Gasteiger charge is 2.08. The summed E-state index contributed by atoms with van der Waals surface area (Å²) < 4.78 is 26.7. The molecule has 0 atom stereocenters. The summed E-state index contributed by atoms with van der Waals surface area (Å²) in [6, 6.07) is 4.25. The van der Waals surface area contributed by atoms with Crippen LogP contribution in [0.4, 0.5) is 8.78 Å². The largest absolute Gasteiger partial charge is 0.357 e. The number of aliphatic imine (C=N–C) groups is 1. The number of benzene rings is 1. The first-order valence-corrected chi connectivity index (χ1v) is 7.52. The molecule has 0 aliphatic rings. The third-order valence-electron chi connectivity index (χ3n) is 3.22. The lowest BCUT2D eigenvalue weighted by Gasteiger charge is -2.21. The van der Waals surface area contributed by atoms with Crippen LogP contribution in [0.2, 0.25) is 0 Å². The van der Waals surface area contributed by atoms with Crippen molar-refractivity contribution in [1.29, 1.82) is 0 Å². The molecule has 0 spiro atoms. The van der Waals surface area contributed by atoms with Crippen molar-refractivity contribution >= 4 is 29.9 Å². The molecule has 126 valence electrons. The third-order valence-corrected chi connectivity index (χ3v) is 3.22. The number of unbranched alkanes of at least 4 members (excludes halogenated alkanes) is 1. The molecule has 0 saturated carbocycles. The van der Waals surface area contributed by atoms with Crippen LogP contribution in [0.5, 0.6) is 0 Å². The van der Waals surface area contributed by atoms with Gasteiger partial charge in [-0.2, -0.15) is 0 Å². The first-order valence-electron chi connectivity index (χ1n) is 7.52. The minimum Gasteiger partial charge on any atom is -0.357 e. The van der Waals surface area contributed by atoms with Crippen molar-refractivity contribution < 1.29 is 8.78 Å². The van der Waals surface area contributed by atoms with Gasteiger partial charge in [-0.1, -0.05) is 25.5 Å². The molecular formula is C16H26F2IN3. The van der Waals surface area contributed by atoms with Gasteiger partial charge in [-0.3, -0.25) is 4.99 Å². The van der Waals surface area contributed by atoms with E-state index in [1.165, 1.54) is 6.07 Å². The number of hydrogen-bond donors (Lipinski definition) is 1. The number of nitrogens with one attached hydrogen (secondary N) is 1. The summed E-state index contributed by atoms with van der Waals surface area (Å²) in [5.41, 5.74) is 0.366. The topological polar surface area (TPSA) is 27.6 Å². The zero-order chi connectivity index (χ0) is 15.7. The van der Waals surface area contributed by atoms with Crippen LogP contribution < -0.4 is 5.32 Å². The number of guanidine groups is 1. The summed E-state index contributed by atoms with van der Waals surface area (Å²) in [5, 5.41) is 3.21. The monoisotopic (exact) mass is 425 g/mol. The lowest BCUT2D eigenvalue weighted by molar-refractivity contribution is 0.464. The van der Waals surface area contributed by atoms with E-state index in [-0.39, 0.29) is 24.0 Å². The van der Waals surface area contributed by atoms with Crippen LogP contribution in [-0.2, 0) is 6.42 Å². The summed E-state index contributed by atoms with van der Waals surface area (Å²) in [5.74, 6) is -0.761. The predicted molar refractivity (Wildman–Crippen MR) is 99.0 cm³/mol. The van der Waals surface area contributed by atoms with E-state index in [1.807, 2.05) is 14.0 Å². The lowest BCUT2D eigenvalue weighted by atomic mass is 10.1. The van der Waals surface area contributed by atoms with E-state index in [4.69, 9.17) is 0 Å². The highest BCUT2D eigenvalue weighted by Crippen LogP contribution is 2.11. The first kappa shape index (κ1) is 21.1. The molecule has 0 unspecified atom stereocenters. The van der Waals surface area contributed by atoms with Gasteiger partial charge in [0.25, 0.3) is 0 Å². The Balaban J connectivity index is 0.00000441. The average molecular weight is 425 g/mol. The van der Waals surface area contributed by atoms with Crippen LogP contribution in [0.25, 0.3) is 0 Å². The molecule has 22 heavy (non-hydrogen) atoms. The van der Waals surface area contributed by atoms with Gasteiger partial charge in [0, 0.05) is 26.7 Å². The highest BCUT2D eigenvalue weighted by molar-refractivity contribution is 14.0. The van der Waals surface area contributed by atoms with Crippen LogP contribution in [0, 0.1) is 11.6 Å². The molecule has 0 aliphatic carbocycles. The van der Waals surface area contributed by atoms with Crippen molar-refractivity contribution in [3.05, 3.63) is 35.4 Å². The van der Waals surface area contributed by atoms with Gasteiger partial charge in [0.05, 0.1) is 0 Å². The predicted octanol–water partition coefficient (Wildman–Crippen LogP) is 3.82. The van der Waals surface area contributed by atoms with Crippen LogP contribution in [0.15, 0.2) is 23.2 Å². The van der Waals surface area contributed by atoms with Crippen LogP contribution >= 0.6 is 24.0 Å². The maximum Gasteiger partial charge on any atom is 0.193 e. The van der Waals surface area contributed by atoms with Crippen LogP contribution in [-0.4, -0.2) is 37.5 Å². The van der Waals surface area contributed by atoms with Gasteiger partial charge in [-0.05, 0) is 31.4 Å². The van der Waals surface area contributed by atoms with E-state index in [1.54, 1.807) is 6.07 Å². The van der Waals surface area contributed by atoms with Gasteiger partial charge in [-0.25, -0.2) is 8.78 Å². The fourth-order valence-electron chi connectivity index (χ4n) is 1.99. The average Bonchev–Trinajstić information content (AvgIpc) is 2.48. The van der Waals surface area contributed by atoms with Gasteiger partial charge in [0.15, 0.2) is 17.6 Å². The number of halogens is 3. The molecule has 3 nitrogen and oxygen atoms in total. The Morgan fingerprint density at radius 2 is 2.00 bits per heavy atom. The SMILES string of the molecule is CCCCN(C)C(=NCCc1cccc(F)c1F)NCC.I. The van der Waals surface area contributed by atoms with Crippen molar-refractivity contribution in [1.82, 2.24) is 10.2 Å². The van der Waals surface area contributed by atoms with Crippen molar-refractivity contribution in [2.75, 3.05) is 26.7 Å². The second kappa shape index (κ2) is 11.6. The standard InChI is InChI=1S/C16H25F2N3.HI/c1-4-6-12-21(3)16(19-5-2)20-11-10-13-8-7-9-14(17)15(13)18;/h7-9H,4-6,10-12H2,1-3H3,(H,19,20);1H. The Morgan fingerprint density at radius 1 is 1.27 bits per heavy atom. The fraction of sp³-hybridized carbons (Fsp3) is 0.562. The van der Waals surface area contributed by atoms with E-state index >= 15 is 0 Å². The van der Waals surface area contributed by atoms with Crippen LogP contribution in [0.1, 0.15) is 32.3 Å². The van der Waals surface area contributed by atoms with E-state index < -0.39 is 11.6 Å². The molecule has 0 aromatic heterocycles. The first-order chi connectivity index (χ1) is 10.1. The van der Waals surface area contributed by atoms with Gasteiger partial charge < -0.3 is 10.2 Å². The minimum atomic E-state index is -0.802. The van der Waals surface area contributed by atoms with Gasteiger partial charge >= 0.3 is 0 Å². The summed E-state index contributed by atoms with van der Waals surface area (Å²) in [6.07, 6.45) is 2.61. The Hall–Kier alpha value is -0.920. The van der Waals surface area contributed by atoms with Gasteiger partial charge in [0.2, 0.25) is 0 Å². The molecule has 1 aromatic rings. The molecule has 6 heteroatoms. The number of nitrogens with zero attached hydrogens (tertiary/aromatic N) is 2. The Kier molecular flexibility index (Phi) is 11.1. The third kappa shape index (κ3) is 6.89. The molecule has 0 fully saturated rings. The van der Waals surface area contributed by atoms with E-state index in [0.29, 0.717) is 18.5 Å². The zero-order valence-electron chi connectivity index (χ0n) is 13.5. The lowest BCUT2D eigenvalue weighted by Crippen LogP contribution is -2.39. The minimum absolute atomic E-state index is 0. The van der Waals surface area contributed by atoms with Crippen molar-refractivity contribution in [3.63, 3.8) is 0 Å². The van der Waals surface area contributed by atoms with Crippen molar-refractivity contribution in [2.45, 2.75) is 33.1 Å². The van der Waals surface area contributed by atoms with Gasteiger partial charge in [-0.15, -0.1) is 24.0 Å².